The summed E-state index contributed by atoms with van der Waals surface area (Å²) in [6.07, 6.45) is 2.48. The standard InChI is InChI=1S/C17H28BrNO/c1-13(2)11-19-12-15(9-14(3)20-4)10-16-7-5-6-8-17(16)18/h5-8,13-15,19H,9-12H2,1-4H3. The van der Waals surface area contributed by atoms with E-state index in [1.54, 1.807) is 7.11 Å². The Balaban J connectivity index is 2.59. The molecule has 1 aromatic carbocycles. The van der Waals surface area contributed by atoms with Crippen LogP contribution in [0, 0.1) is 11.8 Å². The van der Waals surface area contributed by atoms with Crippen molar-refractivity contribution in [2.75, 3.05) is 20.2 Å². The van der Waals surface area contributed by atoms with Gasteiger partial charge < -0.3 is 10.1 Å². The number of benzene rings is 1. The molecule has 0 amide bonds. The number of nitrogens with one attached hydrogen (secondary N) is 1. The molecule has 20 heavy (non-hydrogen) atoms. The summed E-state index contributed by atoms with van der Waals surface area (Å²) < 4.78 is 6.64. The third kappa shape index (κ3) is 6.87. The Hall–Kier alpha value is -0.380. The minimum atomic E-state index is 0.309. The summed E-state index contributed by atoms with van der Waals surface area (Å²) in [5.41, 5.74) is 1.38. The van der Waals surface area contributed by atoms with E-state index >= 15 is 0 Å². The van der Waals surface area contributed by atoms with Crippen molar-refractivity contribution in [1.82, 2.24) is 5.32 Å². The van der Waals surface area contributed by atoms with Crippen LogP contribution in [0.5, 0.6) is 0 Å². The van der Waals surface area contributed by atoms with E-state index in [2.05, 4.69) is 66.3 Å². The van der Waals surface area contributed by atoms with Crippen molar-refractivity contribution in [3.05, 3.63) is 34.3 Å². The molecule has 0 aliphatic rings. The van der Waals surface area contributed by atoms with Crippen LogP contribution in [0.25, 0.3) is 0 Å². The largest absolute Gasteiger partial charge is 0.382 e. The molecule has 0 aliphatic heterocycles. The van der Waals surface area contributed by atoms with E-state index in [4.69, 9.17) is 4.74 Å². The molecule has 0 spiro atoms. The molecule has 0 saturated heterocycles. The average molecular weight is 342 g/mol. The summed E-state index contributed by atoms with van der Waals surface area (Å²) in [6.45, 7) is 8.76. The summed E-state index contributed by atoms with van der Waals surface area (Å²) in [7, 11) is 1.79. The highest BCUT2D eigenvalue weighted by atomic mass is 79.9. The van der Waals surface area contributed by atoms with Gasteiger partial charge in [0.2, 0.25) is 0 Å². The van der Waals surface area contributed by atoms with Crippen LogP contribution in [-0.2, 0) is 11.2 Å². The minimum Gasteiger partial charge on any atom is -0.382 e. The highest BCUT2D eigenvalue weighted by molar-refractivity contribution is 9.10. The smallest absolute Gasteiger partial charge is 0.0546 e. The lowest BCUT2D eigenvalue weighted by molar-refractivity contribution is 0.0944. The van der Waals surface area contributed by atoms with Gasteiger partial charge in [0.05, 0.1) is 6.10 Å². The van der Waals surface area contributed by atoms with E-state index in [0.29, 0.717) is 17.9 Å². The van der Waals surface area contributed by atoms with Crippen molar-refractivity contribution >= 4 is 15.9 Å². The lowest BCUT2D eigenvalue weighted by Crippen LogP contribution is -2.29. The molecule has 0 heterocycles. The fourth-order valence-electron chi connectivity index (χ4n) is 2.36. The third-order valence-corrected chi connectivity index (χ3v) is 4.29. The molecule has 2 nitrogen and oxygen atoms in total. The molecule has 3 heteroatoms. The molecular formula is C17H28BrNO. The summed E-state index contributed by atoms with van der Waals surface area (Å²) in [5, 5.41) is 3.58. The SMILES string of the molecule is COC(C)CC(CNCC(C)C)Cc1ccccc1Br. The monoisotopic (exact) mass is 341 g/mol. The lowest BCUT2D eigenvalue weighted by Gasteiger charge is -2.22. The van der Waals surface area contributed by atoms with Gasteiger partial charge in [-0.3, -0.25) is 0 Å². The molecule has 0 bridgehead atoms. The topological polar surface area (TPSA) is 21.3 Å². The Morgan fingerprint density at radius 1 is 1.15 bits per heavy atom. The predicted molar refractivity (Wildman–Crippen MR) is 90.1 cm³/mol. The molecule has 0 fully saturated rings. The van der Waals surface area contributed by atoms with Crippen LogP contribution in [0.1, 0.15) is 32.8 Å². The third-order valence-electron chi connectivity index (χ3n) is 3.52. The normalized spacial score (nSPS) is 14.5. The second-order valence-corrected chi connectivity index (χ2v) is 6.85. The quantitative estimate of drug-likeness (QED) is 0.723. The molecule has 0 radical (unpaired) electrons. The number of ether oxygens (including phenoxy) is 1. The molecule has 1 aromatic rings. The first-order valence-electron chi connectivity index (χ1n) is 7.49. The zero-order valence-corrected chi connectivity index (χ0v) is 14.7. The summed E-state index contributed by atoms with van der Waals surface area (Å²) in [5.74, 6) is 1.29. The van der Waals surface area contributed by atoms with Gasteiger partial charge in [-0.05, 0) is 56.3 Å². The maximum Gasteiger partial charge on any atom is 0.0546 e. The first-order valence-corrected chi connectivity index (χ1v) is 8.29. The van der Waals surface area contributed by atoms with Crippen molar-refractivity contribution in [1.29, 1.82) is 0 Å². The van der Waals surface area contributed by atoms with Gasteiger partial charge in [0, 0.05) is 11.6 Å². The maximum atomic E-state index is 5.44. The number of hydrogen-bond donors (Lipinski definition) is 1. The van der Waals surface area contributed by atoms with E-state index in [0.717, 1.165) is 25.9 Å². The lowest BCUT2D eigenvalue weighted by atomic mass is 9.93. The number of hydrogen-bond acceptors (Lipinski definition) is 2. The van der Waals surface area contributed by atoms with Crippen molar-refractivity contribution < 1.29 is 4.74 Å². The molecule has 2 unspecified atom stereocenters. The molecule has 1 N–H and O–H groups in total. The second-order valence-electron chi connectivity index (χ2n) is 6.00. The van der Waals surface area contributed by atoms with Crippen LogP contribution >= 0.6 is 15.9 Å². The zero-order valence-electron chi connectivity index (χ0n) is 13.2. The van der Waals surface area contributed by atoms with Crippen molar-refractivity contribution in [2.45, 2.75) is 39.7 Å². The van der Waals surface area contributed by atoms with Crippen LogP contribution in [0.3, 0.4) is 0 Å². The molecular weight excluding hydrogens is 314 g/mol. The fraction of sp³-hybridized carbons (Fsp3) is 0.647. The van der Waals surface area contributed by atoms with Crippen LogP contribution < -0.4 is 5.32 Å². The van der Waals surface area contributed by atoms with Crippen LogP contribution in [0.4, 0.5) is 0 Å². The Labute approximate surface area is 132 Å². The van der Waals surface area contributed by atoms with Gasteiger partial charge in [-0.2, -0.15) is 0 Å². The minimum absolute atomic E-state index is 0.309. The Kier molecular flexibility index (Phi) is 8.43. The second kappa shape index (κ2) is 9.54. The van der Waals surface area contributed by atoms with Crippen molar-refractivity contribution in [2.24, 2.45) is 11.8 Å². The average Bonchev–Trinajstić information content (AvgIpc) is 2.40. The molecule has 2 atom stereocenters. The number of halogens is 1. The number of rotatable bonds is 9. The Morgan fingerprint density at radius 3 is 2.45 bits per heavy atom. The van der Waals surface area contributed by atoms with Crippen LogP contribution in [-0.4, -0.2) is 26.3 Å². The molecule has 0 saturated carbocycles. The van der Waals surface area contributed by atoms with Gasteiger partial charge in [-0.15, -0.1) is 0 Å². The van der Waals surface area contributed by atoms with Gasteiger partial charge in [-0.1, -0.05) is 48.0 Å². The van der Waals surface area contributed by atoms with Gasteiger partial charge in [-0.25, -0.2) is 0 Å². The fourth-order valence-corrected chi connectivity index (χ4v) is 2.80. The number of methoxy groups -OCH3 is 1. The zero-order chi connectivity index (χ0) is 15.0. The van der Waals surface area contributed by atoms with E-state index < -0.39 is 0 Å². The van der Waals surface area contributed by atoms with E-state index in [-0.39, 0.29) is 0 Å². The van der Waals surface area contributed by atoms with Gasteiger partial charge >= 0.3 is 0 Å². The Bertz CT molecular complexity index is 381. The first kappa shape index (κ1) is 17.7. The summed E-state index contributed by atoms with van der Waals surface area (Å²) in [6, 6.07) is 8.50. The first-order chi connectivity index (χ1) is 9.52. The van der Waals surface area contributed by atoms with Crippen molar-refractivity contribution in [3.8, 4) is 0 Å². The van der Waals surface area contributed by atoms with Crippen LogP contribution in [0.15, 0.2) is 28.7 Å². The molecule has 114 valence electrons. The highest BCUT2D eigenvalue weighted by Crippen LogP contribution is 2.22. The molecule has 0 aliphatic carbocycles. The van der Waals surface area contributed by atoms with Gasteiger partial charge in [0.25, 0.3) is 0 Å². The van der Waals surface area contributed by atoms with Crippen LogP contribution in [0.2, 0.25) is 0 Å². The predicted octanol–water partition coefficient (Wildman–Crippen LogP) is 4.28. The molecule has 0 aromatic heterocycles. The van der Waals surface area contributed by atoms with Gasteiger partial charge in [0.15, 0.2) is 0 Å². The Morgan fingerprint density at radius 2 is 1.85 bits per heavy atom. The molecule has 1 rings (SSSR count). The van der Waals surface area contributed by atoms with Gasteiger partial charge in [0.1, 0.15) is 0 Å². The van der Waals surface area contributed by atoms with E-state index in [9.17, 15) is 0 Å². The summed E-state index contributed by atoms with van der Waals surface area (Å²) in [4.78, 5) is 0. The maximum absolute atomic E-state index is 5.44. The van der Waals surface area contributed by atoms with E-state index in [1.807, 2.05) is 0 Å². The highest BCUT2D eigenvalue weighted by Gasteiger charge is 2.15. The van der Waals surface area contributed by atoms with Crippen molar-refractivity contribution in [3.63, 3.8) is 0 Å². The summed E-state index contributed by atoms with van der Waals surface area (Å²) >= 11 is 3.65. The van der Waals surface area contributed by atoms with E-state index in [1.165, 1.54) is 10.0 Å².